The molecule has 0 aromatic rings. The molecule has 0 saturated carbocycles. The molecule has 0 saturated heterocycles. The van der Waals surface area contributed by atoms with Gasteiger partial charge >= 0.3 is 5.97 Å². The Morgan fingerprint density at radius 3 is 2.53 bits per heavy atom. The molecular formula is C12H19NO4. The van der Waals surface area contributed by atoms with Gasteiger partial charge in [0.2, 0.25) is 5.91 Å². The van der Waals surface area contributed by atoms with E-state index in [0.717, 1.165) is 0 Å². The fraction of sp³-hybridized carbons (Fsp3) is 0.667. The van der Waals surface area contributed by atoms with Crippen molar-refractivity contribution in [3.8, 4) is 0 Å². The second kappa shape index (κ2) is 6.39. The Kier molecular flexibility index (Phi) is 5.15. The summed E-state index contributed by atoms with van der Waals surface area (Å²) in [4.78, 5) is 22.9. The number of allylic oxidation sites excluding steroid dienone is 2. The molecule has 17 heavy (non-hydrogen) atoms. The Morgan fingerprint density at radius 1 is 1.41 bits per heavy atom. The first-order valence-corrected chi connectivity index (χ1v) is 5.74. The van der Waals surface area contributed by atoms with Gasteiger partial charge in [0.15, 0.2) is 0 Å². The zero-order valence-corrected chi connectivity index (χ0v) is 10.2. The molecule has 1 aliphatic rings. The third kappa shape index (κ3) is 3.85. The maximum Gasteiger partial charge on any atom is 0.307 e. The van der Waals surface area contributed by atoms with Crippen LogP contribution in [0, 0.1) is 11.8 Å². The van der Waals surface area contributed by atoms with Crippen molar-refractivity contribution in [2.45, 2.75) is 25.9 Å². The molecule has 0 heterocycles. The highest BCUT2D eigenvalue weighted by Crippen LogP contribution is 2.25. The van der Waals surface area contributed by atoms with Gasteiger partial charge in [0, 0.05) is 13.7 Å². The molecule has 96 valence electrons. The quantitative estimate of drug-likeness (QED) is 0.698. The van der Waals surface area contributed by atoms with E-state index in [4.69, 9.17) is 9.84 Å². The summed E-state index contributed by atoms with van der Waals surface area (Å²) in [5.41, 5.74) is 0. The van der Waals surface area contributed by atoms with E-state index in [1.165, 1.54) is 0 Å². The molecule has 5 nitrogen and oxygen atoms in total. The predicted octanol–water partition coefficient (Wildman–Crippen LogP) is 0.804. The summed E-state index contributed by atoms with van der Waals surface area (Å²) in [6.07, 6.45) is 4.53. The lowest BCUT2D eigenvalue weighted by atomic mass is 9.82. The molecule has 0 radical (unpaired) electrons. The molecule has 3 atom stereocenters. The molecule has 3 unspecified atom stereocenters. The van der Waals surface area contributed by atoms with Crippen molar-refractivity contribution in [2.75, 3.05) is 13.7 Å². The van der Waals surface area contributed by atoms with Crippen LogP contribution in [-0.2, 0) is 14.3 Å². The molecule has 0 spiro atoms. The molecule has 1 aliphatic carbocycles. The van der Waals surface area contributed by atoms with Crippen LogP contribution in [0.5, 0.6) is 0 Å². The minimum atomic E-state index is -0.908. The zero-order valence-electron chi connectivity index (χ0n) is 10.2. The van der Waals surface area contributed by atoms with E-state index in [2.05, 4.69) is 5.32 Å². The van der Waals surface area contributed by atoms with Crippen LogP contribution >= 0.6 is 0 Å². The van der Waals surface area contributed by atoms with Gasteiger partial charge in [0.05, 0.1) is 17.9 Å². The number of aliphatic carboxylic acids is 1. The summed E-state index contributed by atoms with van der Waals surface area (Å²) in [6.45, 7) is 2.25. The second-order valence-electron chi connectivity index (χ2n) is 4.29. The van der Waals surface area contributed by atoms with Gasteiger partial charge < -0.3 is 15.2 Å². The number of hydrogen-bond donors (Lipinski definition) is 2. The van der Waals surface area contributed by atoms with E-state index < -0.39 is 17.8 Å². The molecule has 0 bridgehead atoms. The number of methoxy groups -OCH3 is 1. The van der Waals surface area contributed by atoms with Gasteiger partial charge in [0.1, 0.15) is 0 Å². The normalized spacial score (nSPS) is 25.3. The fourth-order valence-corrected chi connectivity index (χ4v) is 1.84. The standard InChI is InChI=1S/C12H19NO4/c1-8(17-2)7-13-11(14)9-5-3-4-6-10(9)12(15)16/h3-4,8-10H,5-7H2,1-2H3,(H,13,14)(H,15,16). The first-order valence-electron chi connectivity index (χ1n) is 5.74. The van der Waals surface area contributed by atoms with E-state index >= 15 is 0 Å². The van der Waals surface area contributed by atoms with Gasteiger partial charge in [0.25, 0.3) is 0 Å². The summed E-state index contributed by atoms with van der Waals surface area (Å²) in [7, 11) is 1.57. The highest BCUT2D eigenvalue weighted by atomic mass is 16.5. The molecular weight excluding hydrogens is 222 g/mol. The molecule has 1 amide bonds. The predicted molar refractivity (Wildman–Crippen MR) is 62.5 cm³/mol. The van der Waals surface area contributed by atoms with Crippen LogP contribution in [0.2, 0.25) is 0 Å². The van der Waals surface area contributed by atoms with Crippen LogP contribution in [0.15, 0.2) is 12.2 Å². The van der Waals surface area contributed by atoms with E-state index in [1.54, 1.807) is 7.11 Å². The minimum Gasteiger partial charge on any atom is -0.481 e. The van der Waals surface area contributed by atoms with Crippen molar-refractivity contribution < 1.29 is 19.4 Å². The van der Waals surface area contributed by atoms with Gasteiger partial charge in [-0.25, -0.2) is 0 Å². The summed E-state index contributed by atoms with van der Waals surface area (Å²) < 4.78 is 5.02. The van der Waals surface area contributed by atoms with Crippen LogP contribution in [0.4, 0.5) is 0 Å². The lowest BCUT2D eigenvalue weighted by Gasteiger charge is -2.24. The molecule has 1 rings (SSSR count). The molecule has 0 fully saturated rings. The Balaban J connectivity index is 2.54. The van der Waals surface area contributed by atoms with Crippen LogP contribution in [-0.4, -0.2) is 36.7 Å². The van der Waals surface area contributed by atoms with E-state index in [-0.39, 0.29) is 12.0 Å². The fourth-order valence-electron chi connectivity index (χ4n) is 1.84. The monoisotopic (exact) mass is 241 g/mol. The summed E-state index contributed by atoms with van der Waals surface area (Å²) in [5.74, 6) is -2.20. The number of carboxylic acid groups (broad SMARTS) is 1. The van der Waals surface area contributed by atoms with Crippen molar-refractivity contribution in [3.63, 3.8) is 0 Å². The van der Waals surface area contributed by atoms with Crippen LogP contribution in [0.25, 0.3) is 0 Å². The lowest BCUT2D eigenvalue weighted by molar-refractivity contribution is -0.147. The highest BCUT2D eigenvalue weighted by Gasteiger charge is 2.33. The lowest BCUT2D eigenvalue weighted by Crippen LogP contribution is -2.41. The van der Waals surface area contributed by atoms with Gasteiger partial charge in [-0.1, -0.05) is 12.2 Å². The molecule has 2 N–H and O–H groups in total. The number of carboxylic acids is 1. The zero-order chi connectivity index (χ0) is 12.8. The Morgan fingerprint density at radius 2 is 2.00 bits per heavy atom. The van der Waals surface area contributed by atoms with Crippen LogP contribution in [0.3, 0.4) is 0 Å². The number of hydrogen-bond acceptors (Lipinski definition) is 3. The number of ether oxygens (including phenoxy) is 1. The smallest absolute Gasteiger partial charge is 0.307 e. The summed E-state index contributed by atoms with van der Waals surface area (Å²) in [5, 5.41) is 11.8. The van der Waals surface area contributed by atoms with E-state index in [9.17, 15) is 9.59 Å². The van der Waals surface area contributed by atoms with Crippen molar-refractivity contribution in [2.24, 2.45) is 11.8 Å². The summed E-state index contributed by atoms with van der Waals surface area (Å²) in [6, 6.07) is 0. The van der Waals surface area contributed by atoms with Crippen molar-refractivity contribution >= 4 is 11.9 Å². The van der Waals surface area contributed by atoms with Crippen LogP contribution in [0.1, 0.15) is 19.8 Å². The third-order valence-electron chi connectivity index (χ3n) is 3.05. The first kappa shape index (κ1) is 13.7. The topological polar surface area (TPSA) is 75.6 Å². The molecule has 5 heteroatoms. The maximum atomic E-state index is 11.9. The van der Waals surface area contributed by atoms with Crippen LogP contribution < -0.4 is 5.32 Å². The van der Waals surface area contributed by atoms with Gasteiger partial charge in [-0.2, -0.15) is 0 Å². The Bertz CT molecular complexity index is 314. The molecule has 0 aliphatic heterocycles. The Labute approximate surface area is 101 Å². The first-order chi connectivity index (χ1) is 8.06. The minimum absolute atomic E-state index is 0.0682. The van der Waals surface area contributed by atoms with Crippen molar-refractivity contribution in [1.82, 2.24) is 5.32 Å². The number of carbonyl (C=O) groups excluding carboxylic acids is 1. The second-order valence-corrected chi connectivity index (χ2v) is 4.29. The summed E-state index contributed by atoms with van der Waals surface area (Å²) >= 11 is 0. The van der Waals surface area contributed by atoms with E-state index in [0.29, 0.717) is 19.4 Å². The molecule has 0 aromatic heterocycles. The largest absolute Gasteiger partial charge is 0.481 e. The highest BCUT2D eigenvalue weighted by molar-refractivity contribution is 5.85. The third-order valence-corrected chi connectivity index (χ3v) is 3.05. The average molecular weight is 241 g/mol. The van der Waals surface area contributed by atoms with E-state index in [1.807, 2.05) is 19.1 Å². The average Bonchev–Trinajstić information content (AvgIpc) is 2.35. The maximum absolute atomic E-state index is 11.9. The molecule has 0 aromatic carbocycles. The van der Waals surface area contributed by atoms with Gasteiger partial charge in [-0.05, 0) is 19.8 Å². The SMILES string of the molecule is COC(C)CNC(=O)C1CC=CCC1C(=O)O. The number of amides is 1. The number of carbonyl (C=O) groups is 2. The number of nitrogens with one attached hydrogen (secondary N) is 1. The van der Waals surface area contributed by atoms with Gasteiger partial charge in [-0.15, -0.1) is 0 Å². The van der Waals surface area contributed by atoms with Crippen molar-refractivity contribution in [3.05, 3.63) is 12.2 Å². The van der Waals surface area contributed by atoms with Gasteiger partial charge in [-0.3, -0.25) is 9.59 Å². The Hall–Kier alpha value is -1.36. The van der Waals surface area contributed by atoms with Crippen molar-refractivity contribution in [1.29, 1.82) is 0 Å². The number of rotatable bonds is 5.